The number of aryl methyl sites for hydroxylation is 3. The number of carbonyl (C=O) groups is 1. The Bertz CT molecular complexity index is 982. The van der Waals surface area contributed by atoms with Crippen molar-refractivity contribution in [2.75, 3.05) is 20.2 Å². The summed E-state index contributed by atoms with van der Waals surface area (Å²) in [5.74, 6) is 0.380. The van der Waals surface area contributed by atoms with Crippen LogP contribution in [-0.2, 0) is 21.2 Å². The van der Waals surface area contributed by atoms with Gasteiger partial charge in [0, 0.05) is 25.6 Å². The average molecular weight is 431 g/mol. The highest BCUT2D eigenvalue weighted by molar-refractivity contribution is 7.89. The monoisotopic (exact) mass is 430 g/mol. The molecule has 0 saturated carbocycles. The van der Waals surface area contributed by atoms with E-state index in [2.05, 4.69) is 5.32 Å². The Kier molecular flexibility index (Phi) is 7.15. The van der Waals surface area contributed by atoms with Crippen molar-refractivity contribution in [3.63, 3.8) is 0 Å². The van der Waals surface area contributed by atoms with Crippen LogP contribution in [0.15, 0.2) is 47.4 Å². The fraction of sp³-hybridized carbons (Fsp3) is 0.435. The van der Waals surface area contributed by atoms with Gasteiger partial charge in [-0.25, -0.2) is 8.42 Å². The predicted octanol–water partition coefficient (Wildman–Crippen LogP) is 3.21. The highest BCUT2D eigenvalue weighted by Gasteiger charge is 2.32. The van der Waals surface area contributed by atoms with Crippen LogP contribution in [0, 0.1) is 13.8 Å². The van der Waals surface area contributed by atoms with E-state index < -0.39 is 10.0 Å². The first kappa shape index (κ1) is 22.3. The second-order valence-electron chi connectivity index (χ2n) is 7.82. The summed E-state index contributed by atoms with van der Waals surface area (Å²) in [4.78, 5) is 12.5. The zero-order chi connectivity index (χ0) is 21.7. The molecule has 6 nitrogen and oxygen atoms in total. The van der Waals surface area contributed by atoms with Crippen LogP contribution < -0.4 is 10.1 Å². The average Bonchev–Trinajstić information content (AvgIpc) is 2.75. The van der Waals surface area contributed by atoms with E-state index in [-0.39, 0.29) is 16.8 Å². The van der Waals surface area contributed by atoms with Crippen molar-refractivity contribution in [2.24, 2.45) is 0 Å². The van der Waals surface area contributed by atoms with E-state index in [1.807, 2.05) is 44.2 Å². The molecule has 3 rings (SSSR count). The number of sulfonamides is 1. The highest BCUT2D eigenvalue weighted by Crippen LogP contribution is 2.31. The molecule has 1 fully saturated rings. The summed E-state index contributed by atoms with van der Waals surface area (Å²) in [6.45, 7) is 4.58. The van der Waals surface area contributed by atoms with Gasteiger partial charge in [0.1, 0.15) is 10.6 Å². The first-order valence-electron chi connectivity index (χ1n) is 10.3. The van der Waals surface area contributed by atoms with Gasteiger partial charge in [0.15, 0.2) is 0 Å². The summed E-state index contributed by atoms with van der Waals surface area (Å²) in [5.41, 5.74) is 3.04. The quantitative estimate of drug-likeness (QED) is 0.732. The van der Waals surface area contributed by atoms with Crippen molar-refractivity contribution in [3.8, 4) is 5.75 Å². The smallest absolute Gasteiger partial charge is 0.246 e. The Labute approximate surface area is 179 Å². The second kappa shape index (κ2) is 9.62. The van der Waals surface area contributed by atoms with Crippen molar-refractivity contribution in [1.29, 1.82) is 0 Å². The summed E-state index contributed by atoms with van der Waals surface area (Å²) in [5, 5.41) is 3.05. The Morgan fingerprint density at radius 2 is 1.73 bits per heavy atom. The number of rotatable bonds is 7. The third-order valence-corrected chi connectivity index (χ3v) is 7.62. The van der Waals surface area contributed by atoms with E-state index in [0.717, 1.165) is 16.7 Å². The van der Waals surface area contributed by atoms with E-state index in [0.29, 0.717) is 44.5 Å². The van der Waals surface area contributed by atoms with Gasteiger partial charge in [-0.05, 0) is 61.9 Å². The predicted molar refractivity (Wildman–Crippen MR) is 117 cm³/mol. The van der Waals surface area contributed by atoms with Crippen LogP contribution in [0.5, 0.6) is 5.75 Å². The van der Waals surface area contributed by atoms with Crippen LogP contribution in [0.3, 0.4) is 0 Å². The van der Waals surface area contributed by atoms with Crippen LogP contribution in [0.1, 0.15) is 36.0 Å². The van der Waals surface area contributed by atoms with Gasteiger partial charge in [0.05, 0.1) is 7.11 Å². The molecule has 0 aromatic heterocycles. The Morgan fingerprint density at radius 3 is 2.37 bits per heavy atom. The van der Waals surface area contributed by atoms with E-state index in [9.17, 15) is 13.2 Å². The summed E-state index contributed by atoms with van der Waals surface area (Å²) < 4.78 is 33.2. The SMILES string of the molecule is COc1cc(C)c(C)cc1S(=O)(=O)N1CCC(NC(=O)CCc2ccccc2)CC1. The van der Waals surface area contributed by atoms with Crippen molar-refractivity contribution in [2.45, 2.75) is 50.5 Å². The molecule has 30 heavy (non-hydrogen) atoms. The molecule has 0 atom stereocenters. The molecule has 1 aliphatic heterocycles. The molecule has 1 aliphatic rings. The van der Waals surface area contributed by atoms with Crippen LogP contribution in [-0.4, -0.2) is 44.9 Å². The molecule has 0 radical (unpaired) electrons. The minimum absolute atomic E-state index is 0.00127. The Hall–Kier alpha value is -2.38. The first-order valence-corrected chi connectivity index (χ1v) is 11.7. The third-order valence-electron chi connectivity index (χ3n) is 5.70. The van der Waals surface area contributed by atoms with E-state index in [4.69, 9.17) is 4.74 Å². The normalized spacial score (nSPS) is 15.7. The molecule has 7 heteroatoms. The third kappa shape index (κ3) is 5.21. The number of hydrogen-bond donors (Lipinski definition) is 1. The molecule has 1 N–H and O–H groups in total. The lowest BCUT2D eigenvalue weighted by molar-refractivity contribution is -0.122. The fourth-order valence-electron chi connectivity index (χ4n) is 3.71. The standard InChI is InChI=1S/C23H30N2O4S/c1-17-15-21(29-3)22(16-18(17)2)30(27,28)25-13-11-20(12-14-25)24-23(26)10-9-19-7-5-4-6-8-19/h4-8,15-16,20H,9-14H2,1-3H3,(H,24,26). The fourth-order valence-corrected chi connectivity index (χ4v) is 5.40. The maximum atomic E-state index is 13.2. The number of methoxy groups -OCH3 is 1. The van der Waals surface area contributed by atoms with E-state index >= 15 is 0 Å². The van der Waals surface area contributed by atoms with Gasteiger partial charge >= 0.3 is 0 Å². The molecule has 1 heterocycles. The lowest BCUT2D eigenvalue weighted by Crippen LogP contribution is -2.46. The Balaban J connectivity index is 1.57. The lowest BCUT2D eigenvalue weighted by Gasteiger charge is -2.32. The minimum atomic E-state index is -3.65. The number of nitrogens with one attached hydrogen (secondary N) is 1. The van der Waals surface area contributed by atoms with Gasteiger partial charge in [-0.15, -0.1) is 0 Å². The molecule has 2 aromatic rings. The number of benzene rings is 2. The molecule has 1 saturated heterocycles. The number of carbonyl (C=O) groups excluding carboxylic acids is 1. The van der Waals surface area contributed by atoms with Crippen molar-refractivity contribution < 1.29 is 17.9 Å². The number of piperidine rings is 1. The molecular weight excluding hydrogens is 400 g/mol. The minimum Gasteiger partial charge on any atom is -0.495 e. The zero-order valence-electron chi connectivity index (χ0n) is 17.8. The Morgan fingerprint density at radius 1 is 1.10 bits per heavy atom. The van der Waals surface area contributed by atoms with Gasteiger partial charge < -0.3 is 10.1 Å². The number of amides is 1. The van der Waals surface area contributed by atoms with Crippen molar-refractivity contribution >= 4 is 15.9 Å². The molecule has 0 bridgehead atoms. The highest BCUT2D eigenvalue weighted by atomic mass is 32.2. The molecule has 0 unspecified atom stereocenters. The van der Waals surface area contributed by atoms with Gasteiger partial charge in [-0.2, -0.15) is 4.31 Å². The number of hydrogen-bond acceptors (Lipinski definition) is 4. The van der Waals surface area contributed by atoms with Crippen LogP contribution >= 0.6 is 0 Å². The number of nitrogens with zero attached hydrogens (tertiary/aromatic N) is 1. The summed E-state index contributed by atoms with van der Waals surface area (Å²) in [6, 6.07) is 13.4. The van der Waals surface area contributed by atoms with Crippen LogP contribution in [0.25, 0.3) is 0 Å². The maximum absolute atomic E-state index is 13.2. The van der Waals surface area contributed by atoms with Gasteiger partial charge in [0.25, 0.3) is 0 Å². The molecular formula is C23H30N2O4S. The van der Waals surface area contributed by atoms with E-state index in [1.54, 1.807) is 12.1 Å². The molecule has 162 valence electrons. The number of ether oxygens (including phenoxy) is 1. The first-order chi connectivity index (χ1) is 14.3. The lowest BCUT2D eigenvalue weighted by atomic mass is 10.1. The van der Waals surface area contributed by atoms with Gasteiger partial charge in [-0.1, -0.05) is 30.3 Å². The molecule has 0 spiro atoms. The van der Waals surface area contributed by atoms with Gasteiger partial charge in [0.2, 0.25) is 15.9 Å². The topological polar surface area (TPSA) is 75.7 Å². The molecule has 1 amide bonds. The second-order valence-corrected chi connectivity index (χ2v) is 9.73. The largest absolute Gasteiger partial charge is 0.495 e. The van der Waals surface area contributed by atoms with Crippen molar-refractivity contribution in [1.82, 2.24) is 9.62 Å². The maximum Gasteiger partial charge on any atom is 0.246 e. The van der Waals surface area contributed by atoms with Gasteiger partial charge in [-0.3, -0.25) is 4.79 Å². The zero-order valence-corrected chi connectivity index (χ0v) is 18.7. The summed E-state index contributed by atoms with van der Waals surface area (Å²) in [6.07, 6.45) is 2.34. The van der Waals surface area contributed by atoms with E-state index in [1.165, 1.54) is 11.4 Å². The van der Waals surface area contributed by atoms with Crippen molar-refractivity contribution in [3.05, 3.63) is 59.2 Å². The summed E-state index contributed by atoms with van der Waals surface area (Å²) in [7, 11) is -2.16. The summed E-state index contributed by atoms with van der Waals surface area (Å²) >= 11 is 0. The van der Waals surface area contributed by atoms with Crippen LogP contribution in [0.2, 0.25) is 0 Å². The molecule has 2 aromatic carbocycles. The van der Waals surface area contributed by atoms with Crippen LogP contribution in [0.4, 0.5) is 0 Å². The molecule has 0 aliphatic carbocycles.